The Morgan fingerprint density at radius 3 is 2.13 bits per heavy atom. The van der Waals surface area contributed by atoms with Crippen molar-refractivity contribution in [3.8, 4) is 11.1 Å². The van der Waals surface area contributed by atoms with Crippen LogP contribution in [0.2, 0.25) is 0 Å². The molecule has 0 aliphatic carbocycles. The van der Waals surface area contributed by atoms with Crippen LogP contribution in [0.25, 0.3) is 11.1 Å². The molecule has 3 aromatic rings. The molecule has 3 rings (SSSR count). The number of aryl methyl sites for hydroxylation is 1. The second kappa shape index (κ2) is 12.0. The van der Waals surface area contributed by atoms with E-state index in [2.05, 4.69) is 15.6 Å². The lowest BCUT2D eigenvalue weighted by atomic mass is 9.95. The van der Waals surface area contributed by atoms with Crippen LogP contribution in [0.4, 0.5) is 5.69 Å². The number of ether oxygens (including phenoxy) is 1. The summed E-state index contributed by atoms with van der Waals surface area (Å²) in [5.41, 5.74) is 7.12. The number of aromatic carboxylic acids is 1. The second-order valence-corrected chi connectivity index (χ2v) is 9.08. The SMILES string of the molecule is COC(=O)C(NC(=O)c1ccc(-c2ccc(C)nc2C(=O)Nc2ccc(C(=N)N)cc2)c(C(=O)O)c1)C(C)C. The number of nitrogen functional groups attached to an aromatic ring is 1. The third-order valence-corrected chi connectivity index (χ3v) is 5.91. The molecule has 0 aliphatic heterocycles. The summed E-state index contributed by atoms with van der Waals surface area (Å²) in [6, 6.07) is 12.7. The Bertz CT molecular complexity index is 1450. The first-order valence-corrected chi connectivity index (χ1v) is 11.9. The van der Waals surface area contributed by atoms with E-state index >= 15 is 0 Å². The molecule has 1 heterocycles. The number of aromatic nitrogens is 1. The fourth-order valence-electron chi connectivity index (χ4n) is 3.82. The predicted molar refractivity (Wildman–Crippen MR) is 145 cm³/mol. The maximum absolute atomic E-state index is 13.2. The number of anilines is 1. The zero-order valence-corrected chi connectivity index (χ0v) is 21.9. The summed E-state index contributed by atoms with van der Waals surface area (Å²) >= 11 is 0. The molecule has 1 aromatic heterocycles. The van der Waals surface area contributed by atoms with E-state index in [1.54, 1.807) is 57.2 Å². The molecule has 39 heavy (non-hydrogen) atoms. The first-order valence-electron chi connectivity index (χ1n) is 11.9. The molecule has 11 nitrogen and oxygen atoms in total. The molecule has 1 atom stereocenters. The number of carboxylic acid groups (broad SMARTS) is 1. The van der Waals surface area contributed by atoms with Crippen LogP contribution in [0.5, 0.6) is 0 Å². The lowest BCUT2D eigenvalue weighted by Gasteiger charge is -2.20. The van der Waals surface area contributed by atoms with Gasteiger partial charge < -0.3 is 26.2 Å². The van der Waals surface area contributed by atoms with Gasteiger partial charge in [-0.15, -0.1) is 0 Å². The van der Waals surface area contributed by atoms with Crippen molar-refractivity contribution in [3.63, 3.8) is 0 Å². The number of methoxy groups -OCH3 is 1. The zero-order valence-electron chi connectivity index (χ0n) is 21.9. The highest BCUT2D eigenvalue weighted by Gasteiger charge is 2.27. The van der Waals surface area contributed by atoms with E-state index in [-0.39, 0.29) is 39.7 Å². The number of nitrogens with zero attached hydrogens (tertiary/aromatic N) is 1. The molecule has 202 valence electrons. The molecule has 0 aliphatic rings. The molecule has 1 unspecified atom stereocenters. The first-order chi connectivity index (χ1) is 18.4. The smallest absolute Gasteiger partial charge is 0.336 e. The highest BCUT2D eigenvalue weighted by molar-refractivity contribution is 6.10. The monoisotopic (exact) mass is 531 g/mol. The molecule has 0 saturated carbocycles. The Balaban J connectivity index is 1.99. The van der Waals surface area contributed by atoms with Gasteiger partial charge in [0, 0.05) is 28.1 Å². The first kappa shape index (κ1) is 28.5. The third-order valence-electron chi connectivity index (χ3n) is 5.91. The molecule has 2 amide bonds. The van der Waals surface area contributed by atoms with Gasteiger partial charge in [0.15, 0.2) is 0 Å². The summed E-state index contributed by atoms with van der Waals surface area (Å²) in [6.45, 7) is 5.17. The second-order valence-electron chi connectivity index (χ2n) is 9.08. The van der Waals surface area contributed by atoms with E-state index in [4.69, 9.17) is 15.9 Å². The molecule has 6 N–H and O–H groups in total. The molecule has 11 heteroatoms. The molecular weight excluding hydrogens is 502 g/mol. The van der Waals surface area contributed by atoms with Crippen LogP contribution in [-0.2, 0) is 9.53 Å². The zero-order chi connectivity index (χ0) is 28.9. The Labute approximate surface area is 224 Å². The number of amidine groups is 1. The predicted octanol–water partition coefficient (Wildman–Crippen LogP) is 3.22. The van der Waals surface area contributed by atoms with Crippen molar-refractivity contribution in [2.24, 2.45) is 11.7 Å². The molecule has 0 bridgehead atoms. The number of benzene rings is 2. The fourth-order valence-corrected chi connectivity index (χ4v) is 3.82. The van der Waals surface area contributed by atoms with E-state index in [0.29, 0.717) is 16.9 Å². The number of rotatable bonds is 9. The van der Waals surface area contributed by atoms with Crippen molar-refractivity contribution in [1.82, 2.24) is 10.3 Å². The summed E-state index contributed by atoms with van der Waals surface area (Å²) < 4.78 is 4.75. The van der Waals surface area contributed by atoms with Crippen molar-refractivity contribution in [2.75, 3.05) is 12.4 Å². The van der Waals surface area contributed by atoms with Gasteiger partial charge in [0.1, 0.15) is 17.6 Å². The quantitative estimate of drug-likeness (QED) is 0.158. The standard InChI is InChI=1S/C28H29N5O6/c1-14(2)22(28(38)39-4)33-25(34)17-8-12-19(21(13-17)27(36)37)20-11-5-15(3)31-23(20)26(35)32-18-9-6-16(7-10-18)24(29)30/h5-14,22H,1-4H3,(H3,29,30)(H,32,35)(H,33,34)(H,36,37). The molecule has 0 spiro atoms. The van der Waals surface area contributed by atoms with Gasteiger partial charge in [-0.1, -0.05) is 26.0 Å². The van der Waals surface area contributed by atoms with Crippen LogP contribution >= 0.6 is 0 Å². The Morgan fingerprint density at radius 2 is 1.56 bits per heavy atom. The number of carbonyl (C=O) groups excluding carboxylic acids is 3. The minimum atomic E-state index is -1.32. The van der Waals surface area contributed by atoms with E-state index in [1.165, 1.54) is 25.3 Å². The maximum atomic E-state index is 13.2. The number of carboxylic acids is 1. The number of amides is 2. The lowest BCUT2D eigenvalue weighted by Crippen LogP contribution is -2.45. The van der Waals surface area contributed by atoms with Crippen LogP contribution < -0.4 is 16.4 Å². The normalized spacial score (nSPS) is 11.4. The minimum absolute atomic E-state index is 0.0161. The van der Waals surface area contributed by atoms with Crippen LogP contribution in [0.3, 0.4) is 0 Å². The van der Waals surface area contributed by atoms with Gasteiger partial charge >= 0.3 is 11.9 Å². The van der Waals surface area contributed by atoms with Gasteiger partial charge in [-0.2, -0.15) is 0 Å². The van der Waals surface area contributed by atoms with Gasteiger partial charge in [-0.25, -0.2) is 14.6 Å². The minimum Gasteiger partial charge on any atom is -0.478 e. The van der Waals surface area contributed by atoms with E-state index in [0.717, 1.165) is 0 Å². The van der Waals surface area contributed by atoms with Crippen molar-refractivity contribution < 1.29 is 29.0 Å². The van der Waals surface area contributed by atoms with Crippen LogP contribution in [0, 0.1) is 18.3 Å². The molecule has 2 aromatic carbocycles. The highest BCUT2D eigenvalue weighted by Crippen LogP contribution is 2.29. The van der Waals surface area contributed by atoms with Crippen molar-refractivity contribution in [3.05, 3.63) is 82.7 Å². The number of nitrogens with one attached hydrogen (secondary N) is 3. The topological polar surface area (TPSA) is 185 Å². The van der Waals surface area contributed by atoms with Crippen LogP contribution in [0.1, 0.15) is 56.3 Å². The molecule has 0 radical (unpaired) electrons. The van der Waals surface area contributed by atoms with E-state index < -0.39 is 29.8 Å². The number of hydrogen-bond donors (Lipinski definition) is 5. The van der Waals surface area contributed by atoms with Crippen LogP contribution in [0.15, 0.2) is 54.6 Å². The average molecular weight is 532 g/mol. The van der Waals surface area contributed by atoms with E-state index in [1.807, 2.05) is 0 Å². The van der Waals surface area contributed by atoms with Crippen molar-refractivity contribution in [1.29, 1.82) is 5.41 Å². The lowest BCUT2D eigenvalue weighted by molar-refractivity contribution is -0.144. The van der Waals surface area contributed by atoms with Crippen LogP contribution in [-0.4, -0.2) is 52.8 Å². The summed E-state index contributed by atoms with van der Waals surface area (Å²) in [7, 11) is 1.21. The Kier molecular flexibility index (Phi) is 8.77. The summed E-state index contributed by atoms with van der Waals surface area (Å²) in [4.78, 5) is 54.7. The molecule has 0 saturated heterocycles. The van der Waals surface area contributed by atoms with Gasteiger partial charge in [-0.05, 0) is 60.9 Å². The van der Waals surface area contributed by atoms with Gasteiger partial charge in [0.2, 0.25) is 0 Å². The van der Waals surface area contributed by atoms with Gasteiger partial charge in [0.25, 0.3) is 11.8 Å². The maximum Gasteiger partial charge on any atom is 0.336 e. The Hall–Kier alpha value is -5.06. The number of esters is 1. The number of hydrogen-bond acceptors (Lipinski definition) is 7. The fraction of sp³-hybridized carbons (Fsp3) is 0.214. The van der Waals surface area contributed by atoms with Gasteiger partial charge in [0.05, 0.1) is 12.7 Å². The Morgan fingerprint density at radius 1 is 0.949 bits per heavy atom. The number of pyridine rings is 1. The average Bonchev–Trinajstić information content (AvgIpc) is 2.90. The summed E-state index contributed by atoms with van der Waals surface area (Å²) in [5.74, 6) is -3.55. The van der Waals surface area contributed by atoms with Gasteiger partial charge in [-0.3, -0.25) is 15.0 Å². The molecular formula is C28H29N5O6. The molecule has 0 fully saturated rings. The summed E-state index contributed by atoms with van der Waals surface area (Å²) in [6.07, 6.45) is 0. The number of nitrogens with two attached hydrogens (primary N) is 1. The third kappa shape index (κ3) is 6.63. The highest BCUT2D eigenvalue weighted by atomic mass is 16.5. The van der Waals surface area contributed by atoms with Crippen molar-refractivity contribution in [2.45, 2.75) is 26.8 Å². The largest absolute Gasteiger partial charge is 0.478 e. The van der Waals surface area contributed by atoms with E-state index in [9.17, 15) is 24.3 Å². The van der Waals surface area contributed by atoms with Crippen molar-refractivity contribution >= 4 is 35.3 Å². The number of carbonyl (C=O) groups is 4. The summed E-state index contributed by atoms with van der Waals surface area (Å²) in [5, 5.41) is 22.8.